The molecule has 0 radical (unpaired) electrons. The van der Waals surface area contributed by atoms with Crippen molar-refractivity contribution in [2.45, 2.75) is 6.92 Å². The average molecular weight is 295 g/mol. The van der Waals surface area contributed by atoms with Crippen LogP contribution in [0.15, 0.2) is 34.9 Å². The molecule has 0 saturated carbocycles. The number of carbonyl (C=O) groups is 1. The number of anilines is 1. The molecule has 0 atom stereocenters. The van der Waals surface area contributed by atoms with Gasteiger partial charge in [-0.3, -0.25) is 4.79 Å². The first-order chi connectivity index (χ1) is 8.99. The van der Waals surface area contributed by atoms with Gasteiger partial charge in [-0.2, -0.15) is 0 Å². The van der Waals surface area contributed by atoms with Gasteiger partial charge in [0.25, 0.3) is 5.91 Å². The summed E-state index contributed by atoms with van der Waals surface area (Å²) in [5.41, 5.74) is 7.36. The molecular weight excluding hydrogens is 284 g/mol. The first-order valence-electron chi connectivity index (χ1n) is 5.44. The van der Waals surface area contributed by atoms with E-state index in [2.05, 4.69) is 5.32 Å². The van der Waals surface area contributed by atoms with Crippen LogP contribution in [-0.4, -0.2) is 10.9 Å². The minimum Gasteiger partial charge on any atom is -0.459 e. The molecule has 4 nitrogen and oxygen atoms in total. The number of hydrogen-bond donors (Lipinski definition) is 2. The van der Waals surface area contributed by atoms with Gasteiger partial charge in [-0.05, 0) is 31.2 Å². The van der Waals surface area contributed by atoms with Crippen LogP contribution in [0, 0.1) is 6.92 Å². The summed E-state index contributed by atoms with van der Waals surface area (Å²) in [6.45, 7) is 1.78. The molecule has 2 rings (SSSR count). The van der Waals surface area contributed by atoms with Crippen molar-refractivity contribution in [3.05, 3.63) is 52.4 Å². The molecule has 0 unspecified atom stereocenters. The Morgan fingerprint density at radius 3 is 2.74 bits per heavy atom. The van der Waals surface area contributed by atoms with Crippen molar-refractivity contribution >= 4 is 40.4 Å². The number of thiocarbonyl (C=S) groups is 1. The van der Waals surface area contributed by atoms with Crippen LogP contribution < -0.4 is 11.1 Å². The van der Waals surface area contributed by atoms with Gasteiger partial charge in [0, 0.05) is 16.1 Å². The summed E-state index contributed by atoms with van der Waals surface area (Å²) in [5.74, 6) is -0.129. The molecule has 0 saturated heterocycles. The molecule has 0 fully saturated rings. The fourth-order valence-corrected chi connectivity index (χ4v) is 1.97. The van der Waals surface area contributed by atoms with Crippen molar-refractivity contribution in [1.29, 1.82) is 0 Å². The largest absolute Gasteiger partial charge is 0.459 e. The standard InChI is InChI=1S/C13H11ClN2O2S/c1-7-4-5-18-11(7)13(17)16-10-6-8(14)2-3-9(10)12(15)19/h2-6H,1H3,(H2,15,19)(H,16,17). The number of nitrogens with two attached hydrogens (primary N) is 1. The number of rotatable bonds is 3. The van der Waals surface area contributed by atoms with Crippen LogP contribution in [0.5, 0.6) is 0 Å². The Labute approximate surface area is 120 Å². The van der Waals surface area contributed by atoms with Gasteiger partial charge in [0.15, 0.2) is 5.76 Å². The SMILES string of the molecule is Cc1ccoc1C(=O)Nc1cc(Cl)ccc1C(N)=S. The quantitative estimate of drug-likeness (QED) is 0.854. The Kier molecular flexibility index (Phi) is 3.87. The van der Waals surface area contributed by atoms with Gasteiger partial charge < -0.3 is 15.5 Å². The number of halogens is 1. The molecule has 0 aliphatic heterocycles. The highest BCUT2D eigenvalue weighted by molar-refractivity contribution is 7.80. The van der Waals surface area contributed by atoms with Crippen LogP contribution in [0.2, 0.25) is 5.02 Å². The Morgan fingerprint density at radius 2 is 2.16 bits per heavy atom. The molecule has 0 aliphatic carbocycles. The van der Waals surface area contributed by atoms with E-state index in [-0.39, 0.29) is 16.7 Å². The van der Waals surface area contributed by atoms with Crippen molar-refractivity contribution in [2.24, 2.45) is 5.73 Å². The molecule has 1 aromatic heterocycles. The van der Waals surface area contributed by atoms with Gasteiger partial charge in [0.1, 0.15) is 4.99 Å². The first kappa shape index (κ1) is 13.6. The predicted molar refractivity (Wildman–Crippen MR) is 78.7 cm³/mol. The smallest absolute Gasteiger partial charge is 0.291 e. The third-order valence-corrected chi connectivity index (χ3v) is 3.02. The molecule has 6 heteroatoms. The zero-order valence-electron chi connectivity index (χ0n) is 10.1. The fraction of sp³-hybridized carbons (Fsp3) is 0.0769. The average Bonchev–Trinajstić information content (AvgIpc) is 2.75. The van der Waals surface area contributed by atoms with Crippen LogP contribution in [0.25, 0.3) is 0 Å². The molecule has 19 heavy (non-hydrogen) atoms. The number of furan rings is 1. The van der Waals surface area contributed by atoms with E-state index in [1.807, 2.05) is 0 Å². The molecule has 98 valence electrons. The second kappa shape index (κ2) is 5.42. The van der Waals surface area contributed by atoms with Gasteiger partial charge in [-0.15, -0.1) is 0 Å². The summed E-state index contributed by atoms with van der Waals surface area (Å²) in [6, 6.07) is 6.62. The fourth-order valence-electron chi connectivity index (χ4n) is 1.62. The van der Waals surface area contributed by atoms with Crippen molar-refractivity contribution < 1.29 is 9.21 Å². The lowest BCUT2D eigenvalue weighted by Crippen LogP contribution is -2.17. The van der Waals surface area contributed by atoms with Gasteiger partial charge in [-0.1, -0.05) is 23.8 Å². The topological polar surface area (TPSA) is 68.3 Å². The van der Waals surface area contributed by atoms with E-state index in [0.29, 0.717) is 16.3 Å². The number of aryl methyl sites for hydroxylation is 1. The normalized spacial score (nSPS) is 10.2. The van der Waals surface area contributed by atoms with Crippen molar-refractivity contribution in [2.75, 3.05) is 5.32 Å². The molecule has 3 N–H and O–H groups in total. The zero-order chi connectivity index (χ0) is 14.0. The van der Waals surface area contributed by atoms with Crippen LogP contribution in [-0.2, 0) is 0 Å². The molecule has 1 amide bonds. The van der Waals surface area contributed by atoms with E-state index in [1.54, 1.807) is 31.2 Å². The third kappa shape index (κ3) is 2.94. The Hall–Kier alpha value is -1.85. The highest BCUT2D eigenvalue weighted by Gasteiger charge is 2.15. The van der Waals surface area contributed by atoms with Gasteiger partial charge in [0.2, 0.25) is 0 Å². The minimum atomic E-state index is -0.373. The maximum atomic E-state index is 12.1. The van der Waals surface area contributed by atoms with E-state index >= 15 is 0 Å². The Morgan fingerprint density at radius 1 is 1.42 bits per heavy atom. The van der Waals surface area contributed by atoms with Gasteiger partial charge >= 0.3 is 0 Å². The van der Waals surface area contributed by atoms with Gasteiger partial charge in [-0.25, -0.2) is 0 Å². The molecule has 1 heterocycles. The minimum absolute atomic E-state index is 0.183. The van der Waals surface area contributed by atoms with E-state index in [9.17, 15) is 4.79 Å². The van der Waals surface area contributed by atoms with Crippen LogP contribution >= 0.6 is 23.8 Å². The lowest BCUT2D eigenvalue weighted by atomic mass is 10.1. The lowest BCUT2D eigenvalue weighted by Gasteiger charge is -2.10. The molecule has 2 aromatic rings. The second-order valence-electron chi connectivity index (χ2n) is 3.94. The maximum absolute atomic E-state index is 12.1. The predicted octanol–water partition coefficient (Wildman–Crippen LogP) is 3.13. The van der Waals surface area contributed by atoms with Crippen LogP contribution in [0.4, 0.5) is 5.69 Å². The molecule has 1 aromatic carbocycles. The summed E-state index contributed by atoms with van der Waals surface area (Å²) >= 11 is 10.8. The second-order valence-corrected chi connectivity index (χ2v) is 4.82. The van der Waals surface area contributed by atoms with Crippen LogP contribution in [0.3, 0.4) is 0 Å². The van der Waals surface area contributed by atoms with E-state index < -0.39 is 0 Å². The third-order valence-electron chi connectivity index (χ3n) is 2.56. The summed E-state index contributed by atoms with van der Waals surface area (Å²) in [6.07, 6.45) is 1.46. The van der Waals surface area contributed by atoms with E-state index in [0.717, 1.165) is 5.56 Å². The highest BCUT2D eigenvalue weighted by Crippen LogP contribution is 2.22. The molecule has 0 spiro atoms. The first-order valence-corrected chi connectivity index (χ1v) is 6.22. The van der Waals surface area contributed by atoms with E-state index in [4.69, 9.17) is 34.0 Å². The highest BCUT2D eigenvalue weighted by atomic mass is 35.5. The lowest BCUT2D eigenvalue weighted by molar-refractivity contribution is 0.0996. The number of benzene rings is 1. The van der Waals surface area contributed by atoms with Crippen LogP contribution in [0.1, 0.15) is 21.7 Å². The van der Waals surface area contributed by atoms with Gasteiger partial charge in [0.05, 0.1) is 12.0 Å². The Bertz CT molecular complexity index is 652. The van der Waals surface area contributed by atoms with Crippen molar-refractivity contribution in [3.63, 3.8) is 0 Å². The summed E-state index contributed by atoms with van der Waals surface area (Å²) in [7, 11) is 0. The summed E-state index contributed by atoms with van der Waals surface area (Å²) in [4.78, 5) is 12.2. The van der Waals surface area contributed by atoms with Crippen molar-refractivity contribution in [3.8, 4) is 0 Å². The van der Waals surface area contributed by atoms with Crippen molar-refractivity contribution in [1.82, 2.24) is 0 Å². The molecule has 0 aliphatic rings. The zero-order valence-corrected chi connectivity index (χ0v) is 11.6. The number of nitrogens with one attached hydrogen (secondary N) is 1. The monoisotopic (exact) mass is 294 g/mol. The number of carbonyl (C=O) groups excluding carboxylic acids is 1. The van der Waals surface area contributed by atoms with E-state index in [1.165, 1.54) is 6.26 Å². The molecular formula is C13H11ClN2O2S. The number of hydrogen-bond acceptors (Lipinski definition) is 3. The summed E-state index contributed by atoms with van der Waals surface area (Å²) in [5, 5.41) is 3.17. The maximum Gasteiger partial charge on any atom is 0.291 e. The number of amides is 1. The Balaban J connectivity index is 2.33. The molecule has 0 bridgehead atoms. The summed E-state index contributed by atoms with van der Waals surface area (Å²) < 4.78 is 5.12.